The van der Waals surface area contributed by atoms with Gasteiger partial charge in [-0.3, -0.25) is 0 Å². The third-order valence-corrected chi connectivity index (χ3v) is 7.16. The lowest BCUT2D eigenvalue weighted by Crippen LogP contribution is -2.23. The number of halogens is 3. The van der Waals surface area contributed by atoms with Crippen LogP contribution in [0.5, 0.6) is 0 Å². The van der Waals surface area contributed by atoms with E-state index in [1.807, 2.05) is 35.4 Å². The minimum absolute atomic E-state index is 0.0988. The molecule has 0 unspecified atom stereocenters. The standard InChI is InChI=1S/C23H23F3N4S/c24-23(25,26)20-11-12-27-22(29-20)30(17-9-10-17)18-8-4-7-16(13-18)19-14-28-21(31-19)15-5-2-1-3-6-15/h4,7-8,11-15,17H,1-3,5-6,9-10H2. The van der Waals surface area contributed by atoms with Crippen LogP contribution in [0.15, 0.2) is 42.7 Å². The number of anilines is 2. The Labute approximate surface area is 183 Å². The summed E-state index contributed by atoms with van der Waals surface area (Å²) in [6.45, 7) is 0. The third kappa shape index (κ3) is 4.44. The Kier molecular flexibility index (Phi) is 5.42. The van der Waals surface area contributed by atoms with Gasteiger partial charge in [-0.25, -0.2) is 15.0 Å². The molecule has 0 radical (unpaired) electrons. The van der Waals surface area contributed by atoms with E-state index in [0.717, 1.165) is 35.0 Å². The summed E-state index contributed by atoms with van der Waals surface area (Å²) < 4.78 is 39.5. The van der Waals surface area contributed by atoms with E-state index in [-0.39, 0.29) is 12.0 Å². The number of thiazole rings is 1. The summed E-state index contributed by atoms with van der Waals surface area (Å²) in [6, 6.07) is 8.93. The molecule has 0 aliphatic heterocycles. The molecule has 0 spiro atoms. The van der Waals surface area contributed by atoms with Gasteiger partial charge >= 0.3 is 6.18 Å². The second-order valence-electron chi connectivity index (χ2n) is 8.29. The number of hydrogen-bond acceptors (Lipinski definition) is 5. The molecule has 0 amide bonds. The second kappa shape index (κ2) is 8.22. The summed E-state index contributed by atoms with van der Waals surface area (Å²) in [7, 11) is 0. The van der Waals surface area contributed by atoms with Crippen LogP contribution in [-0.4, -0.2) is 21.0 Å². The molecule has 3 aromatic rings. The average molecular weight is 445 g/mol. The first-order valence-corrected chi connectivity index (χ1v) is 11.6. The van der Waals surface area contributed by atoms with Crippen LogP contribution < -0.4 is 4.90 Å². The van der Waals surface area contributed by atoms with Crippen LogP contribution in [0.3, 0.4) is 0 Å². The molecule has 2 aliphatic carbocycles. The Morgan fingerprint density at radius 2 is 1.77 bits per heavy atom. The van der Waals surface area contributed by atoms with E-state index in [1.54, 1.807) is 11.3 Å². The van der Waals surface area contributed by atoms with Crippen molar-refractivity contribution < 1.29 is 13.2 Å². The molecule has 2 fully saturated rings. The van der Waals surface area contributed by atoms with Crippen LogP contribution in [0.1, 0.15) is 61.6 Å². The van der Waals surface area contributed by atoms with E-state index in [4.69, 9.17) is 4.98 Å². The summed E-state index contributed by atoms with van der Waals surface area (Å²) in [6.07, 6.45) is 6.69. The van der Waals surface area contributed by atoms with Crippen molar-refractivity contribution in [2.45, 2.75) is 63.1 Å². The molecule has 0 saturated heterocycles. The summed E-state index contributed by atoms with van der Waals surface area (Å²) in [5.41, 5.74) is 0.917. The summed E-state index contributed by atoms with van der Waals surface area (Å²) in [4.78, 5) is 15.6. The first kappa shape index (κ1) is 20.4. The van der Waals surface area contributed by atoms with Gasteiger partial charge in [0.1, 0.15) is 5.69 Å². The van der Waals surface area contributed by atoms with Crippen LogP contribution in [0, 0.1) is 0 Å². The molecule has 162 valence electrons. The van der Waals surface area contributed by atoms with Crippen molar-refractivity contribution in [3.05, 3.63) is 53.4 Å². The highest BCUT2D eigenvalue weighted by atomic mass is 32.1. The van der Waals surface area contributed by atoms with Crippen molar-refractivity contribution in [1.29, 1.82) is 0 Å². The van der Waals surface area contributed by atoms with Gasteiger partial charge in [-0.05, 0) is 49.4 Å². The summed E-state index contributed by atoms with van der Waals surface area (Å²) >= 11 is 1.73. The Hall–Kier alpha value is -2.48. The maximum absolute atomic E-state index is 13.2. The Balaban J connectivity index is 1.45. The lowest BCUT2D eigenvalue weighted by atomic mass is 9.90. The summed E-state index contributed by atoms with van der Waals surface area (Å²) in [5.74, 6) is 0.652. The van der Waals surface area contributed by atoms with Gasteiger partial charge in [-0.2, -0.15) is 13.2 Å². The molecule has 0 bridgehead atoms. The van der Waals surface area contributed by atoms with E-state index < -0.39 is 11.9 Å². The highest BCUT2D eigenvalue weighted by Gasteiger charge is 2.36. The van der Waals surface area contributed by atoms with Crippen LogP contribution >= 0.6 is 11.3 Å². The van der Waals surface area contributed by atoms with Gasteiger partial charge in [-0.1, -0.05) is 31.4 Å². The van der Waals surface area contributed by atoms with Crippen molar-refractivity contribution in [1.82, 2.24) is 15.0 Å². The fraction of sp³-hybridized carbons (Fsp3) is 0.435. The van der Waals surface area contributed by atoms with Crippen LogP contribution in [0.25, 0.3) is 10.4 Å². The van der Waals surface area contributed by atoms with Gasteiger partial charge < -0.3 is 4.90 Å². The SMILES string of the molecule is FC(F)(F)c1ccnc(N(c2cccc(-c3cnc(C4CCCCC4)s3)c2)C2CC2)n1. The fourth-order valence-electron chi connectivity index (χ4n) is 4.21. The number of nitrogens with zero attached hydrogens (tertiary/aromatic N) is 4. The number of benzene rings is 1. The highest BCUT2D eigenvalue weighted by Crippen LogP contribution is 2.41. The molecule has 31 heavy (non-hydrogen) atoms. The molecule has 2 saturated carbocycles. The predicted octanol–water partition coefficient (Wildman–Crippen LogP) is 6.97. The lowest BCUT2D eigenvalue weighted by molar-refractivity contribution is -0.141. The van der Waals surface area contributed by atoms with Gasteiger partial charge in [-0.15, -0.1) is 11.3 Å². The minimum atomic E-state index is -4.49. The van der Waals surface area contributed by atoms with Crippen molar-refractivity contribution in [2.75, 3.05) is 4.90 Å². The molecule has 0 atom stereocenters. The normalized spacial score (nSPS) is 17.6. The van der Waals surface area contributed by atoms with Crippen molar-refractivity contribution in [2.24, 2.45) is 0 Å². The molecule has 8 heteroatoms. The average Bonchev–Trinajstić information content (AvgIpc) is 3.48. The van der Waals surface area contributed by atoms with Crippen molar-refractivity contribution in [3.8, 4) is 10.4 Å². The first-order chi connectivity index (χ1) is 15.0. The monoisotopic (exact) mass is 444 g/mol. The van der Waals surface area contributed by atoms with Crippen molar-refractivity contribution in [3.63, 3.8) is 0 Å². The predicted molar refractivity (Wildman–Crippen MR) is 116 cm³/mol. The topological polar surface area (TPSA) is 41.9 Å². The largest absolute Gasteiger partial charge is 0.433 e. The second-order valence-corrected chi connectivity index (χ2v) is 9.35. The molecule has 4 nitrogen and oxygen atoms in total. The van der Waals surface area contributed by atoms with Crippen LogP contribution in [-0.2, 0) is 6.18 Å². The molecular formula is C23H23F3N4S. The lowest BCUT2D eigenvalue weighted by Gasteiger charge is -2.23. The van der Waals surface area contributed by atoms with Gasteiger partial charge in [0.05, 0.1) is 9.88 Å². The molecule has 0 N–H and O–H groups in total. The number of rotatable bonds is 5. The zero-order valence-corrected chi connectivity index (χ0v) is 17.8. The van der Waals surface area contributed by atoms with E-state index in [9.17, 15) is 13.2 Å². The van der Waals surface area contributed by atoms with Crippen LogP contribution in [0.2, 0.25) is 0 Å². The Morgan fingerprint density at radius 1 is 0.968 bits per heavy atom. The van der Waals surface area contributed by atoms with E-state index in [2.05, 4.69) is 9.97 Å². The smallest absolute Gasteiger partial charge is 0.307 e. The minimum Gasteiger partial charge on any atom is -0.307 e. The van der Waals surface area contributed by atoms with E-state index in [0.29, 0.717) is 5.92 Å². The van der Waals surface area contributed by atoms with Crippen molar-refractivity contribution >= 4 is 23.0 Å². The van der Waals surface area contributed by atoms with Gasteiger partial charge in [0.25, 0.3) is 0 Å². The number of alkyl halides is 3. The molecule has 2 aromatic heterocycles. The first-order valence-electron chi connectivity index (χ1n) is 10.7. The molecular weight excluding hydrogens is 421 g/mol. The fourth-order valence-corrected chi connectivity index (χ4v) is 5.30. The highest BCUT2D eigenvalue weighted by molar-refractivity contribution is 7.15. The van der Waals surface area contributed by atoms with E-state index in [1.165, 1.54) is 43.3 Å². The molecule has 2 heterocycles. The maximum Gasteiger partial charge on any atom is 0.433 e. The van der Waals surface area contributed by atoms with Gasteiger partial charge in [0.15, 0.2) is 0 Å². The maximum atomic E-state index is 13.2. The number of aromatic nitrogens is 3. The number of hydrogen-bond donors (Lipinski definition) is 0. The van der Waals surface area contributed by atoms with Gasteiger partial charge in [0, 0.05) is 30.0 Å². The van der Waals surface area contributed by atoms with Crippen LogP contribution in [0.4, 0.5) is 24.8 Å². The summed E-state index contributed by atoms with van der Waals surface area (Å²) in [5, 5.41) is 1.19. The molecule has 2 aliphatic rings. The Bertz CT molecular complexity index is 1050. The van der Waals surface area contributed by atoms with Gasteiger partial charge in [0.2, 0.25) is 5.95 Å². The molecule has 1 aromatic carbocycles. The van der Waals surface area contributed by atoms with E-state index >= 15 is 0 Å². The Morgan fingerprint density at radius 3 is 2.52 bits per heavy atom. The quantitative estimate of drug-likeness (QED) is 0.426. The zero-order valence-electron chi connectivity index (χ0n) is 17.0. The third-order valence-electron chi connectivity index (χ3n) is 5.95. The zero-order chi connectivity index (χ0) is 21.4. The molecule has 5 rings (SSSR count).